The van der Waals surface area contributed by atoms with Crippen LogP contribution in [0.1, 0.15) is 0 Å². The Labute approximate surface area is 219 Å². The first-order chi connectivity index (χ1) is 17.9. The lowest BCUT2D eigenvalue weighted by Crippen LogP contribution is -2.51. The molecular weight excluding hydrogens is 509 g/mol. The van der Waals surface area contributed by atoms with Crippen LogP contribution in [-0.4, -0.2) is 62.8 Å². The molecule has 9 nitrogen and oxygen atoms in total. The number of morpholine rings is 1. The van der Waals surface area contributed by atoms with Gasteiger partial charge in [0, 0.05) is 24.0 Å². The molecule has 0 spiro atoms. The number of nitrogens with one attached hydrogen (secondary N) is 2. The van der Waals surface area contributed by atoms with Crippen molar-refractivity contribution in [3.63, 3.8) is 0 Å². The Bertz CT molecular complexity index is 1520. The van der Waals surface area contributed by atoms with Gasteiger partial charge in [0.15, 0.2) is 0 Å². The molecule has 2 aliphatic rings. The molecule has 2 aliphatic heterocycles. The quantitative estimate of drug-likeness (QED) is 0.328. The molecule has 1 saturated heterocycles. The number of hydrogen-bond donors (Lipinski definition) is 2. The van der Waals surface area contributed by atoms with Crippen molar-refractivity contribution in [2.24, 2.45) is 0 Å². The van der Waals surface area contributed by atoms with E-state index in [2.05, 4.69) is 15.5 Å². The highest BCUT2D eigenvalue weighted by molar-refractivity contribution is 7.70. The van der Waals surface area contributed by atoms with Crippen LogP contribution in [-0.2, 0) is 9.30 Å². The van der Waals surface area contributed by atoms with Gasteiger partial charge in [-0.3, -0.25) is 0 Å². The van der Waals surface area contributed by atoms with Gasteiger partial charge in [-0.05, 0) is 36.9 Å². The van der Waals surface area contributed by atoms with Crippen LogP contribution >= 0.6 is 18.5 Å². The monoisotopic (exact) mass is 537 g/mol. The van der Waals surface area contributed by atoms with Crippen molar-refractivity contribution in [2.45, 2.75) is 6.04 Å². The van der Waals surface area contributed by atoms with E-state index >= 15 is 0 Å². The maximum atomic E-state index is 12.9. The fourth-order valence-corrected chi connectivity index (χ4v) is 6.67. The zero-order chi connectivity index (χ0) is 25.6. The van der Waals surface area contributed by atoms with Crippen molar-refractivity contribution >= 4 is 62.8 Å². The smallest absolute Gasteiger partial charge is 0.230 e. The van der Waals surface area contributed by atoms with Gasteiger partial charge in [0.1, 0.15) is 35.9 Å². The molecule has 4 aromatic rings. The second kappa shape index (κ2) is 9.52. The summed E-state index contributed by atoms with van der Waals surface area (Å²) in [6.45, 7) is 6.27. The van der Waals surface area contributed by atoms with E-state index in [9.17, 15) is 4.57 Å². The molecule has 37 heavy (non-hydrogen) atoms. The minimum absolute atomic E-state index is 0.201. The van der Waals surface area contributed by atoms with Gasteiger partial charge in [0.2, 0.25) is 5.95 Å². The molecule has 4 heterocycles. The molecule has 192 valence electrons. The molecule has 0 amide bonds. The zero-order valence-corrected chi connectivity index (χ0v) is 22.6. The number of anilines is 5. The first kappa shape index (κ1) is 24.0. The molecule has 11 heteroatoms. The molecule has 2 aromatic heterocycles. The molecule has 0 saturated carbocycles. The number of thiophene rings is 1. The van der Waals surface area contributed by atoms with Gasteiger partial charge in [0.05, 0.1) is 48.8 Å². The van der Waals surface area contributed by atoms with E-state index in [1.165, 1.54) is 11.3 Å². The molecule has 0 radical (unpaired) electrons. The summed E-state index contributed by atoms with van der Waals surface area (Å²) < 4.78 is 30.3. The van der Waals surface area contributed by atoms with Gasteiger partial charge in [-0.1, -0.05) is 12.1 Å². The SMILES string of the molecule is COc1cc2c(cc1Nc1nc(Nc3ccccc3P(C)(C)=O)c3ccsc3n1)OC[C@H]1COCCN21. The lowest BCUT2D eigenvalue weighted by atomic mass is 10.1. The number of para-hydroxylation sites is 1. The number of methoxy groups -OCH3 is 1. The van der Waals surface area contributed by atoms with Crippen LogP contribution in [0.4, 0.5) is 28.8 Å². The minimum Gasteiger partial charge on any atom is -0.494 e. The van der Waals surface area contributed by atoms with E-state index in [1.807, 2.05) is 47.8 Å². The molecule has 0 aliphatic carbocycles. The second-order valence-corrected chi connectivity index (χ2v) is 13.5. The number of ether oxygens (including phenoxy) is 3. The van der Waals surface area contributed by atoms with Crippen molar-refractivity contribution < 1.29 is 18.8 Å². The molecular formula is C26H28N5O4PS. The third-order valence-corrected chi connectivity index (χ3v) is 8.91. The Balaban J connectivity index is 1.36. The fourth-order valence-electron chi connectivity index (χ4n) is 4.76. The molecule has 2 N–H and O–H groups in total. The lowest BCUT2D eigenvalue weighted by Gasteiger charge is -2.41. The predicted molar refractivity (Wildman–Crippen MR) is 150 cm³/mol. The topological polar surface area (TPSA) is 97.8 Å². The van der Waals surface area contributed by atoms with Gasteiger partial charge in [-0.2, -0.15) is 4.98 Å². The standard InChI is InChI=1S/C26H28N5O4PS/c1-33-21-13-20-22(35-15-16-14-34-10-9-31(16)20)12-19(21)28-26-29-24(17-8-11-37-25(17)30-26)27-18-6-4-5-7-23(18)36(2,3)32/h4-8,11-13,16H,9-10,14-15H2,1-3H3,(H2,27,28,29,30)/t16-/m1/s1. The van der Waals surface area contributed by atoms with Crippen LogP contribution in [0.2, 0.25) is 0 Å². The molecule has 1 fully saturated rings. The Hall–Kier alpha value is -3.33. The first-order valence-electron chi connectivity index (χ1n) is 12.0. The fraction of sp³-hybridized carbons (Fsp3) is 0.308. The third kappa shape index (κ3) is 4.61. The minimum atomic E-state index is -2.50. The number of benzene rings is 2. The van der Waals surface area contributed by atoms with Crippen molar-refractivity contribution in [1.82, 2.24) is 9.97 Å². The summed E-state index contributed by atoms with van der Waals surface area (Å²) in [5.41, 5.74) is 2.48. The molecule has 6 rings (SSSR count). The summed E-state index contributed by atoms with van der Waals surface area (Å²) in [5.74, 6) is 2.51. The van der Waals surface area contributed by atoms with Gasteiger partial charge in [-0.15, -0.1) is 11.3 Å². The van der Waals surface area contributed by atoms with Crippen molar-refractivity contribution in [3.8, 4) is 11.5 Å². The Morgan fingerprint density at radius 3 is 2.81 bits per heavy atom. The van der Waals surface area contributed by atoms with Crippen LogP contribution in [0.25, 0.3) is 10.2 Å². The maximum Gasteiger partial charge on any atom is 0.230 e. The third-order valence-electron chi connectivity index (χ3n) is 6.56. The molecule has 0 bridgehead atoms. The number of fused-ring (bicyclic) bond motifs is 4. The van der Waals surface area contributed by atoms with Crippen molar-refractivity contribution in [3.05, 3.63) is 47.8 Å². The molecule has 0 unspecified atom stereocenters. The average Bonchev–Trinajstić information content (AvgIpc) is 3.37. The van der Waals surface area contributed by atoms with E-state index < -0.39 is 7.14 Å². The Kier molecular flexibility index (Phi) is 6.18. The van der Waals surface area contributed by atoms with E-state index in [4.69, 9.17) is 24.2 Å². The lowest BCUT2D eigenvalue weighted by molar-refractivity contribution is 0.0705. The predicted octanol–water partition coefficient (Wildman–Crippen LogP) is 5.03. The highest BCUT2D eigenvalue weighted by atomic mass is 32.1. The summed E-state index contributed by atoms with van der Waals surface area (Å²) in [7, 11) is -0.852. The number of hydrogen-bond acceptors (Lipinski definition) is 10. The Morgan fingerprint density at radius 2 is 1.97 bits per heavy atom. The number of nitrogens with zero attached hydrogens (tertiary/aromatic N) is 3. The Morgan fingerprint density at radius 1 is 1.11 bits per heavy atom. The summed E-state index contributed by atoms with van der Waals surface area (Å²) >= 11 is 1.53. The highest BCUT2D eigenvalue weighted by Gasteiger charge is 2.31. The van der Waals surface area contributed by atoms with Crippen molar-refractivity contribution in [1.29, 1.82) is 0 Å². The van der Waals surface area contributed by atoms with Crippen LogP contribution in [0.15, 0.2) is 47.8 Å². The summed E-state index contributed by atoms with van der Waals surface area (Å²) in [4.78, 5) is 12.7. The average molecular weight is 538 g/mol. The summed E-state index contributed by atoms with van der Waals surface area (Å²) in [6, 6.07) is 13.8. The largest absolute Gasteiger partial charge is 0.494 e. The highest BCUT2D eigenvalue weighted by Crippen LogP contribution is 2.43. The van der Waals surface area contributed by atoms with Gasteiger partial charge in [-0.25, -0.2) is 4.98 Å². The van der Waals surface area contributed by atoms with E-state index in [0.29, 0.717) is 43.0 Å². The van der Waals surface area contributed by atoms with E-state index in [0.717, 1.165) is 39.2 Å². The van der Waals surface area contributed by atoms with Crippen LogP contribution in [0, 0.1) is 0 Å². The first-order valence-corrected chi connectivity index (χ1v) is 15.5. The van der Waals surface area contributed by atoms with Crippen LogP contribution < -0.4 is 30.3 Å². The molecule has 2 aromatic carbocycles. The maximum absolute atomic E-state index is 12.9. The summed E-state index contributed by atoms with van der Waals surface area (Å²) in [5, 5.41) is 10.4. The summed E-state index contributed by atoms with van der Waals surface area (Å²) in [6.07, 6.45) is 0. The normalized spacial score (nSPS) is 17.1. The van der Waals surface area contributed by atoms with Crippen LogP contribution in [0.3, 0.4) is 0 Å². The number of aromatic nitrogens is 2. The van der Waals surface area contributed by atoms with Gasteiger partial charge in [0.25, 0.3) is 0 Å². The van der Waals surface area contributed by atoms with Gasteiger partial charge >= 0.3 is 0 Å². The number of rotatable bonds is 6. The van der Waals surface area contributed by atoms with E-state index in [1.54, 1.807) is 20.4 Å². The van der Waals surface area contributed by atoms with Crippen molar-refractivity contribution in [2.75, 3.05) is 62.3 Å². The van der Waals surface area contributed by atoms with Gasteiger partial charge < -0.3 is 34.3 Å². The second-order valence-electron chi connectivity index (χ2n) is 9.41. The van der Waals surface area contributed by atoms with Crippen LogP contribution in [0.5, 0.6) is 11.5 Å². The zero-order valence-electron chi connectivity index (χ0n) is 20.9. The molecule has 1 atom stereocenters. The van der Waals surface area contributed by atoms with E-state index in [-0.39, 0.29) is 6.04 Å².